The average molecular weight is 337 g/mol. The van der Waals surface area contributed by atoms with E-state index in [2.05, 4.69) is 25.9 Å². The van der Waals surface area contributed by atoms with E-state index in [1.807, 2.05) is 13.8 Å². The van der Waals surface area contributed by atoms with Gasteiger partial charge in [-0.3, -0.25) is 14.4 Å². The lowest BCUT2D eigenvalue weighted by Gasteiger charge is -2.44. The first kappa shape index (κ1) is 15.5. The van der Waals surface area contributed by atoms with Crippen LogP contribution in [-0.2, 0) is 14.4 Å². The number of aromatic nitrogens is 4. The van der Waals surface area contributed by atoms with E-state index in [4.69, 9.17) is 5.73 Å². The Bertz CT molecular complexity index is 687. The summed E-state index contributed by atoms with van der Waals surface area (Å²) in [5, 5.41) is 16.1. The third-order valence-corrected chi connectivity index (χ3v) is 5.33. The molecule has 3 atom stereocenters. The van der Waals surface area contributed by atoms with Gasteiger partial charge in [-0.2, -0.15) is 0 Å². The van der Waals surface area contributed by atoms with E-state index in [1.54, 1.807) is 16.7 Å². The third kappa shape index (κ3) is 2.56. The fraction of sp³-hybridized carbons (Fsp3) is 0.500. The van der Waals surface area contributed by atoms with Crippen LogP contribution in [0.5, 0.6) is 0 Å². The molecular weight excluding hydrogens is 322 g/mol. The van der Waals surface area contributed by atoms with Crippen LogP contribution in [0.4, 0.5) is 0 Å². The van der Waals surface area contributed by atoms with Gasteiger partial charge < -0.3 is 16.0 Å². The molecule has 0 aliphatic carbocycles. The summed E-state index contributed by atoms with van der Waals surface area (Å²) in [7, 11) is 0. The minimum atomic E-state index is -0.726. The Balaban J connectivity index is 1.75. The SMILES string of the molecule is CC1(C)S[C@H]2C(NC(=O)C=CC(N)=O)C(=O)N2C1c1nnn[nH]1. The Hall–Kier alpha value is -2.43. The van der Waals surface area contributed by atoms with Crippen molar-refractivity contribution in [2.45, 2.75) is 36.1 Å². The number of amides is 3. The van der Waals surface area contributed by atoms with Crippen molar-refractivity contribution in [2.75, 3.05) is 0 Å². The van der Waals surface area contributed by atoms with Gasteiger partial charge in [0, 0.05) is 16.9 Å². The molecule has 3 heterocycles. The van der Waals surface area contributed by atoms with Crippen LogP contribution in [0.1, 0.15) is 25.7 Å². The highest BCUT2D eigenvalue weighted by molar-refractivity contribution is 8.01. The van der Waals surface area contributed by atoms with E-state index >= 15 is 0 Å². The molecule has 1 aromatic rings. The van der Waals surface area contributed by atoms with Crippen molar-refractivity contribution >= 4 is 29.5 Å². The van der Waals surface area contributed by atoms with E-state index < -0.39 is 17.9 Å². The molecule has 2 fully saturated rings. The van der Waals surface area contributed by atoms with E-state index in [0.29, 0.717) is 5.82 Å². The van der Waals surface area contributed by atoms with Gasteiger partial charge in [-0.1, -0.05) is 0 Å². The van der Waals surface area contributed by atoms with Crippen molar-refractivity contribution in [3.8, 4) is 0 Å². The number of aromatic amines is 1. The number of hydrogen-bond donors (Lipinski definition) is 3. The predicted molar refractivity (Wildman–Crippen MR) is 79.5 cm³/mol. The van der Waals surface area contributed by atoms with E-state index in [9.17, 15) is 14.4 Å². The van der Waals surface area contributed by atoms with Gasteiger partial charge in [0.1, 0.15) is 17.5 Å². The van der Waals surface area contributed by atoms with Crippen LogP contribution in [0.2, 0.25) is 0 Å². The largest absolute Gasteiger partial charge is 0.366 e. The predicted octanol–water partition coefficient (Wildman–Crippen LogP) is -1.54. The summed E-state index contributed by atoms with van der Waals surface area (Å²) in [5.74, 6) is -0.965. The van der Waals surface area contributed by atoms with Gasteiger partial charge in [-0.05, 0) is 24.3 Å². The standard InChI is InChI=1S/C12H15N7O3S/c1-12(2)8(9-15-17-18-16-9)19-10(22)7(11(19)23-12)14-6(21)4-3-5(13)20/h3-4,7-8,11H,1-2H3,(H2,13,20)(H,14,21)(H,15,16,17,18)/t7?,8?,11-/m0/s1. The number of nitrogens with one attached hydrogen (secondary N) is 2. The molecule has 3 amide bonds. The van der Waals surface area contributed by atoms with Gasteiger partial charge in [-0.15, -0.1) is 16.9 Å². The second-order valence-electron chi connectivity index (χ2n) is 5.77. The molecule has 0 saturated carbocycles. The molecule has 11 heteroatoms. The quantitative estimate of drug-likeness (QED) is 0.445. The number of fused-ring (bicyclic) bond motifs is 1. The van der Waals surface area contributed by atoms with Gasteiger partial charge in [-0.25, -0.2) is 5.10 Å². The topological polar surface area (TPSA) is 147 Å². The summed E-state index contributed by atoms with van der Waals surface area (Å²) in [4.78, 5) is 36.4. The number of thioether (sulfide) groups is 1. The number of nitrogens with zero attached hydrogens (tertiary/aromatic N) is 4. The summed E-state index contributed by atoms with van der Waals surface area (Å²) in [5.41, 5.74) is 4.93. The number of β-lactam (4-membered cyclic amide) rings is 1. The average Bonchev–Trinajstić information content (AvgIpc) is 3.06. The molecule has 0 spiro atoms. The second kappa shape index (κ2) is 5.33. The fourth-order valence-corrected chi connectivity index (χ4v) is 4.47. The number of carbonyl (C=O) groups excluding carboxylic acids is 3. The molecule has 2 saturated heterocycles. The summed E-state index contributed by atoms with van der Waals surface area (Å²) in [6.07, 6.45) is 1.96. The molecule has 2 unspecified atom stereocenters. The van der Waals surface area contributed by atoms with Crippen molar-refractivity contribution in [2.24, 2.45) is 5.73 Å². The molecule has 10 nitrogen and oxygen atoms in total. The third-order valence-electron chi connectivity index (χ3n) is 3.76. The van der Waals surface area contributed by atoms with Gasteiger partial charge in [0.2, 0.25) is 17.7 Å². The van der Waals surface area contributed by atoms with Crippen LogP contribution in [0.3, 0.4) is 0 Å². The van der Waals surface area contributed by atoms with E-state index in [1.165, 1.54) is 0 Å². The number of rotatable bonds is 4. The zero-order valence-electron chi connectivity index (χ0n) is 12.4. The van der Waals surface area contributed by atoms with Crippen LogP contribution in [0, 0.1) is 0 Å². The van der Waals surface area contributed by atoms with Crippen molar-refractivity contribution in [3.05, 3.63) is 18.0 Å². The smallest absolute Gasteiger partial charge is 0.249 e. The molecule has 122 valence electrons. The van der Waals surface area contributed by atoms with Crippen molar-refractivity contribution in [1.29, 1.82) is 0 Å². The minimum Gasteiger partial charge on any atom is -0.366 e. The maximum absolute atomic E-state index is 12.4. The highest BCUT2D eigenvalue weighted by atomic mass is 32.2. The van der Waals surface area contributed by atoms with E-state index in [0.717, 1.165) is 12.2 Å². The van der Waals surface area contributed by atoms with Gasteiger partial charge in [0.15, 0.2) is 5.82 Å². The molecule has 2 aliphatic heterocycles. The second-order valence-corrected chi connectivity index (χ2v) is 7.54. The highest BCUT2D eigenvalue weighted by Gasteiger charge is 2.63. The Morgan fingerprint density at radius 3 is 2.78 bits per heavy atom. The highest BCUT2D eigenvalue weighted by Crippen LogP contribution is 2.56. The number of carbonyl (C=O) groups is 3. The molecule has 0 radical (unpaired) electrons. The first-order valence-electron chi connectivity index (χ1n) is 6.83. The lowest BCUT2D eigenvalue weighted by atomic mass is 9.95. The zero-order valence-corrected chi connectivity index (χ0v) is 13.2. The van der Waals surface area contributed by atoms with Crippen molar-refractivity contribution < 1.29 is 14.4 Å². The summed E-state index contributed by atoms with van der Waals surface area (Å²) < 4.78 is -0.315. The summed E-state index contributed by atoms with van der Waals surface area (Å²) in [6.45, 7) is 3.98. The lowest BCUT2D eigenvalue weighted by Crippen LogP contribution is -2.67. The Kier molecular flexibility index (Phi) is 3.59. The first-order chi connectivity index (χ1) is 10.8. The number of tetrazole rings is 1. The van der Waals surface area contributed by atoms with Crippen LogP contribution in [0.25, 0.3) is 0 Å². The molecule has 0 bridgehead atoms. The number of nitrogens with two attached hydrogens (primary N) is 1. The maximum Gasteiger partial charge on any atom is 0.249 e. The molecule has 1 aromatic heterocycles. The minimum absolute atomic E-state index is 0.210. The van der Waals surface area contributed by atoms with Crippen molar-refractivity contribution in [1.82, 2.24) is 30.8 Å². The number of primary amides is 1. The fourth-order valence-electron chi connectivity index (χ4n) is 2.83. The Morgan fingerprint density at radius 2 is 2.17 bits per heavy atom. The zero-order chi connectivity index (χ0) is 16.8. The van der Waals surface area contributed by atoms with Gasteiger partial charge >= 0.3 is 0 Å². The van der Waals surface area contributed by atoms with Crippen LogP contribution in [0.15, 0.2) is 12.2 Å². The lowest BCUT2D eigenvalue weighted by molar-refractivity contribution is -0.151. The maximum atomic E-state index is 12.4. The molecular formula is C12H15N7O3S. The Labute approximate surface area is 135 Å². The normalized spacial score (nSPS) is 28.5. The van der Waals surface area contributed by atoms with Gasteiger partial charge in [0.05, 0.1) is 0 Å². The molecule has 4 N–H and O–H groups in total. The molecule has 0 aromatic carbocycles. The van der Waals surface area contributed by atoms with Gasteiger partial charge in [0.25, 0.3) is 0 Å². The molecule has 3 rings (SSSR count). The monoisotopic (exact) mass is 337 g/mol. The Morgan fingerprint density at radius 1 is 1.43 bits per heavy atom. The van der Waals surface area contributed by atoms with E-state index in [-0.39, 0.29) is 22.1 Å². The number of H-pyrrole nitrogens is 1. The summed E-state index contributed by atoms with van der Waals surface area (Å²) in [6, 6.07) is -0.945. The van der Waals surface area contributed by atoms with Crippen molar-refractivity contribution in [3.63, 3.8) is 0 Å². The number of hydrogen-bond acceptors (Lipinski definition) is 7. The summed E-state index contributed by atoms with van der Waals surface area (Å²) >= 11 is 1.56. The van der Waals surface area contributed by atoms with Crippen LogP contribution >= 0.6 is 11.8 Å². The first-order valence-corrected chi connectivity index (χ1v) is 7.71. The molecule has 2 aliphatic rings. The van der Waals surface area contributed by atoms with Crippen LogP contribution < -0.4 is 11.1 Å². The molecule has 23 heavy (non-hydrogen) atoms. The van der Waals surface area contributed by atoms with Crippen LogP contribution in [-0.4, -0.2) is 59.4 Å².